The van der Waals surface area contributed by atoms with Gasteiger partial charge in [0.15, 0.2) is 25.6 Å². The highest BCUT2D eigenvalue weighted by atomic mass is 28.4. The number of amides is 1. The van der Waals surface area contributed by atoms with Crippen LogP contribution in [0.15, 0.2) is 48.5 Å². The van der Waals surface area contributed by atoms with Gasteiger partial charge in [-0.3, -0.25) is 4.79 Å². The second-order valence-corrected chi connectivity index (χ2v) is 14.4. The average molecular weight is 472 g/mol. The van der Waals surface area contributed by atoms with E-state index in [4.69, 9.17) is 18.6 Å². The molecule has 3 rings (SSSR count). The van der Waals surface area contributed by atoms with Crippen LogP contribution in [0.25, 0.3) is 0 Å². The van der Waals surface area contributed by atoms with Gasteiger partial charge in [-0.05, 0) is 41.9 Å². The molecular weight excluding hydrogens is 438 g/mol. The Morgan fingerprint density at radius 1 is 1.03 bits per heavy atom. The lowest BCUT2D eigenvalue weighted by Crippen LogP contribution is -2.49. The molecule has 0 unspecified atom stereocenters. The summed E-state index contributed by atoms with van der Waals surface area (Å²) in [7, 11) is -2.15. The van der Waals surface area contributed by atoms with Crippen molar-refractivity contribution in [3.8, 4) is 11.5 Å². The summed E-state index contributed by atoms with van der Waals surface area (Å²) in [6.07, 6.45) is -0.673. The number of hydrogen-bond donors (Lipinski definition) is 1. The third-order valence-electron chi connectivity index (χ3n) is 6.07. The Morgan fingerprint density at radius 3 is 2.36 bits per heavy atom. The Balaban J connectivity index is 1.74. The van der Waals surface area contributed by atoms with Crippen molar-refractivity contribution in [2.75, 3.05) is 19.8 Å². The number of alkyl carbamates (subject to hydrolysis) is 1. The molecule has 0 bridgehead atoms. The van der Waals surface area contributed by atoms with Crippen molar-refractivity contribution in [1.82, 2.24) is 5.32 Å². The van der Waals surface area contributed by atoms with E-state index in [2.05, 4.69) is 39.2 Å². The Kier molecular flexibility index (Phi) is 7.81. The van der Waals surface area contributed by atoms with Crippen molar-refractivity contribution in [2.45, 2.75) is 51.6 Å². The number of nitrogens with one attached hydrogen (secondary N) is 1. The van der Waals surface area contributed by atoms with E-state index in [-0.39, 0.29) is 24.0 Å². The first kappa shape index (κ1) is 24.8. The lowest BCUT2D eigenvalue weighted by molar-refractivity contribution is 0.0868. The van der Waals surface area contributed by atoms with E-state index >= 15 is 0 Å². The Labute approximate surface area is 196 Å². The van der Waals surface area contributed by atoms with Gasteiger partial charge in [-0.1, -0.05) is 51.1 Å². The Bertz CT molecular complexity index is 971. The zero-order chi connectivity index (χ0) is 24.1. The molecular formula is C25H33NO6Si. The molecule has 0 saturated heterocycles. The normalized spacial score (nSPS) is 14.3. The van der Waals surface area contributed by atoms with Crippen molar-refractivity contribution in [3.63, 3.8) is 0 Å². The van der Waals surface area contributed by atoms with E-state index in [1.165, 1.54) is 0 Å². The highest BCUT2D eigenvalue weighted by Crippen LogP contribution is 2.37. The first-order valence-electron chi connectivity index (χ1n) is 11.1. The largest absolute Gasteiger partial charge is 0.486 e. The van der Waals surface area contributed by atoms with Crippen LogP contribution >= 0.6 is 0 Å². The summed E-state index contributed by atoms with van der Waals surface area (Å²) < 4.78 is 22.8. The van der Waals surface area contributed by atoms with Gasteiger partial charge in [0.1, 0.15) is 25.9 Å². The number of benzene rings is 2. The minimum absolute atomic E-state index is 0.0363. The summed E-state index contributed by atoms with van der Waals surface area (Å²) in [5, 5.41) is 2.67. The Morgan fingerprint density at radius 2 is 1.70 bits per heavy atom. The summed E-state index contributed by atoms with van der Waals surface area (Å²) in [6.45, 7) is 11.6. The molecule has 1 aliphatic rings. The summed E-state index contributed by atoms with van der Waals surface area (Å²) in [5.41, 5.74) is 1.27. The average Bonchev–Trinajstić information content (AvgIpc) is 2.79. The van der Waals surface area contributed by atoms with Gasteiger partial charge in [-0.25, -0.2) is 4.79 Å². The maximum Gasteiger partial charge on any atom is 0.408 e. The fraction of sp³-hybridized carbons (Fsp3) is 0.440. The fourth-order valence-corrected chi connectivity index (χ4v) is 4.01. The number of carbonyl (C=O) groups is 2. The van der Waals surface area contributed by atoms with Gasteiger partial charge < -0.3 is 24.0 Å². The molecule has 33 heavy (non-hydrogen) atoms. The molecule has 2 aromatic rings. The quantitative estimate of drug-likeness (QED) is 0.433. The van der Waals surface area contributed by atoms with E-state index in [9.17, 15) is 9.59 Å². The van der Waals surface area contributed by atoms with Crippen LogP contribution in [0.1, 0.15) is 36.7 Å². The zero-order valence-corrected chi connectivity index (χ0v) is 21.0. The van der Waals surface area contributed by atoms with Gasteiger partial charge in [0, 0.05) is 5.56 Å². The minimum atomic E-state index is -2.15. The number of hydrogen-bond acceptors (Lipinski definition) is 6. The van der Waals surface area contributed by atoms with E-state index in [0.29, 0.717) is 30.3 Å². The van der Waals surface area contributed by atoms with Crippen LogP contribution in [0.4, 0.5) is 4.79 Å². The molecule has 0 fully saturated rings. The topological polar surface area (TPSA) is 83.1 Å². The molecule has 0 aliphatic carbocycles. The molecule has 1 amide bonds. The zero-order valence-electron chi connectivity index (χ0n) is 20.0. The van der Waals surface area contributed by atoms with Crippen LogP contribution < -0.4 is 14.8 Å². The molecule has 1 atom stereocenters. The number of ketones is 1. The molecule has 8 heteroatoms. The van der Waals surface area contributed by atoms with Crippen LogP contribution in [0.2, 0.25) is 18.1 Å². The molecule has 0 radical (unpaired) electrons. The number of ether oxygens (including phenoxy) is 3. The predicted octanol–water partition coefficient (Wildman–Crippen LogP) is 4.96. The van der Waals surface area contributed by atoms with Crippen LogP contribution in [0, 0.1) is 0 Å². The summed E-state index contributed by atoms with van der Waals surface area (Å²) in [6, 6.07) is 13.5. The Hall–Kier alpha value is -2.84. The molecule has 7 nitrogen and oxygen atoms in total. The second kappa shape index (κ2) is 10.4. The second-order valence-electron chi connectivity index (χ2n) is 9.55. The first-order valence-corrected chi connectivity index (χ1v) is 14.0. The third kappa shape index (κ3) is 6.58. The standard InChI is InChI=1S/C25H33NO6Si/c1-25(2,3)33(4,5)32-17-20(26-24(28)31-16-18-9-7-6-8-10-18)23(27)19-11-12-21-22(15-19)30-14-13-29-21/h6-12,15,20H,13-14,16-17H2,1-5H3,(H,26,28)/t20-/m1/s1. The lowest BCUT2D eigenvalue weighted by Gasteiger charge is -2.37. The van der Waals surface area contributed by atoms with E-state index in [1.807, 2.05) is 30.3 Å². The van der Waals surface area contributed by atoms with Crippen LogP contribution in [-0.4, -0.2) is 46.1 Å². The number of carbonyl (C=O) groups excluding carboxylic acids is 2. The van der Waals surface area contributed by atoms with E-state index in [0.717, 1.165) is 5.56 Å². The minimum Gasteiger partial charge on any atom is -0.486 e. The SMILES string of the molecule is CC(C)(C)[Si](C)(C)OC[C@@H](NC(=O)OCc1ccccc1)C(=O)c1ccc2c(c1)OCCO2. The molecule has 0 aromatic heterocycles. The molecule has 178 valence electrons. The van der Waals surface area contributed by atoms with Crippen molar-refractivity contribution >= 4 is 20.2 Å². The molecule has 1 heterocycles. The molecule has 0 saturated carbocycles. The smallest absolute Gasteiger partial charge is 0.408 e. The van der Waals surface area contributed by atoms with Gasteiger partial charge in [0.05, 0.1) is 6.61 Å². The molecule has 0 spiro atoms. The van der Waals surface area contributed by atoms with Gasteiger partial charge in [0.25, 0.3) is 0 Å². The predicted molar refractivity (Wildman–Crippen MR) is 128 cm³/mol. The first-order chi connectivity index (χ1) is 15.6. The maximum atomic E-state index is 13.4. The lowest BCUT2D eigenvalue weighted by atomic mass is 10.0. The summed E-state index contributed by atoms with van der Waals surface area (Å²) >= 11 is 0. The summed E-state index contributed by atoms with van der Waals surface area (Å²) in [5.74, 6) is 0.840. The molecule has 2 aromatic carbocycles. The van der Waals surface area contributed by atoms with Crippen LogP contribution in [-0.2, 0) is 15.8 Å². The maximum absolute atomic E-state index is 13.4. The monoisotopic (exact) mass is 471 g/mol. The third-order valence-corrected chi connectivity index (χ3v) is 10.6. The van der Waals surface area contributed by atoms with Crippen molar-refractivity contribution in [1.29, 1.82) is 0 Å². The van der Waals surface area contributed by atoms with Gasteiger partial charge in [0.2, 0.25) is 0 Å². The van der Waals surface area contributed by atoms with Crippen molar-refractivity contribution in [3.05, 3.63) is 59.7 Å². The highest BCUT2D eigenvalue weighted by Gasteiger charge is 2.38. The summed E-state index contributed by atoms with van der Waals surface area (Å²) in [4.78, 5) is 25.9. The number of fused-ring (bicyclic) bond motifs is 1. The van der Waals surface area contributed by atoms with Crippen LogP contribution in [0.5, 0.6) is 11.5 Å². The van der Waals surface area contributed by atoms with E-state index < -0.39 is 20.5 Å². The van der Waals surface area contributed by atoms with Gasteiger partial charge >= 0.3 is 6.09 Å². The van der Waals surface area contributed by atoms with Gasteiger partial charge in [-0.15, -0.1) is 0 Å². The van der Waals surface area contributed by atoms with E-state index in [1.54, 1.807) is 18.2 Å². The fourth-order valence-electron chi connectivity index (χ4n) is 3.00. The number of Topliss-reactive ketones (excluding diaryl/α,β-unsaturated/α-hetero) is 1. The molecule has 1 aliphatic heterocycles. The van der Waals surface area contributed by atoms with Crippen LogP contribution in [0.3, 0.4) is 0 Å². The molecule has 1 N–H and O–H groups in total. The van der Waals surface area contributed by atoms with Gasteiger partial charge in [-0.2, -0.15) is 0 Å². The van der Waals surface area contributed by atoms with Crippen molar-refractivity contribution in [2.24, 2.45) is 0 Å². The van der Waals surface area contributed by atoms with Crippen molar-refractivity contribution < 1.29 is 28.2 Å². The number of rotatable bonds is 8. The highest BCUT2D eigenvalue weighted by molar-refractivity contribution is 6.74.